The molecule has 2 nitrogen and oxygen atoms in total. The molecule has 0 bridgehead atoms. The van der Waals surface area contributed by atoms with E-state index in [1.807, 2.05) is 72.8 Å². The SMILES string of the molecule is Oc1ccc(C2(c3ccc(O)c(-c4ccccc4)c3)c3cccc(-c4cccs4)c3-c3c(-c4cccs4)cccc32)cc1-c1ccccc1. The normalized spacial score (nSPS) is 12.8. The van der Waals surface area contributed by atoms with Crippen LogP contribution in [0.25, 0.3) is 54.3 Å². The fourth-order valence-corrected chi connectivity index (χ4v) is 9.23. The van der Waals surface area contributed by atoms with E-state index >= 15 is 0 Å². The maximum absolute atomic E-state index is 11.3. The van der Waals surface area contributed by atoms with Crippen LogP contribution in [0, 0.1) is 0 Å². The highest BCUT2D eigenvalue weighted by molar-refractivity contribution is 7.14. The zero-order valence-electron chi connectivity index (χ0n) is 26.4. The van der Waals surface area contributed by atoms with Crippen molar-refractivity contribution in [3.05, 3.63) is 191 Å². The first kappa shape index (κ1) is 29.5. The summed E-state index contributed by atoms with van der Waals surface area (Å²) >= 11 is 3.50. The van der Waals surface area contributed by atoms with Crippen LogP contribution in [0.1, 0.15) is 22.3 Å². The van der Waals surface area contributed by atoms with Gasteiger partial charge < -0.3 is 10.2 Å². The zero-order chi connectivity index (χ0) is 33.0. The Balaban J connectivity index is 1.45. The first-order valence-corrected chi connectivity index (χ1v) is 18.0. The third-order valence-corrected chi connectivity index (χ3v) is 11.6. The standard InChI is InChI=1S/C45H30O2S2/c46-39-23-21-31(27-35(39)29-11-3-1-4-12-29)45(32-22-24-40(47)36(28-32)30-13-5-2-6-14-30)37-17-7-15-33(41-19-9-25-48-41)43(37)44-34(16-8-18-38(44)45)42-20-10-26-49-42/h1-28,46-47H. The highest BCUT2D eigenvalue weighted by Crippen LogP contribution is 2.61. The number of rotatable bonds is 6. The monoisotopic (exact) mass is 666 g/mol. The van der Waals surface area contributed by atoms with Crippen molar-refractivity contribution < 1.29 is 10.2 Å². The minimum atomic E-state index is -0.778. The fourth-order valence-electron chi connectivity index (χ4n) is 7.71. The third-order valence-electron chi connectivity index (χ3n) is 9.79. The molecule has 0 saturated heterocycles. The van der Waals surface area contributed by atoms with Crippen LogP contribution in [0.4, 0.5) is 0 Å². The molecule has 0 fully saturated rings. The molecule has 0 unspecified atom stereocenters. The summed E-state index contributed by atoms with van der Waals surface area (Å²) in [7, 11) is 0. The van der Waals surface area contributed by atoms with Gasteiger partial charge >= 0.3 is 0 Å². The molecule has 8 aromatic rings. The lowest BCUT2D eigenvalue weighted by Crippen LogP contribution is -2.28. The molecule has 6 aromatic carbocycles. The summed E-state index contributed by atoms with van der Waals surface area (Å²) in [5.74, 6) is 0.470. The van der Waals surface area contributed by atoms with Crippen molar-refractivity contribution in [1.29, 1.82) is 0 Å². The van der Waals surface area contributed by atoms with Crippen molar-refractivity contribution in [3.8, 4) is 65.8 Å². The minimum Gasteiger partial charge on any atom is -0.507 e. The van der Waals surface area contributed by atoms with Gasteiger partial charge in [0.05, 0.1) is 5.41 Å². The van der Waals surface area contributed by atoms with Crippen molar-refractivity contribution >= 4 is 22.7 Å². The Morgan fingerprint density at radius 2 is 0.837 bits per heavy atom. The number of phenols is 2. The quantitative estimate of drug-likeness (QED) is 0.185. The lowest BCUT2D eigenvalue weighted by atomic mass is 9.66. The second-order valence-electron chi connectivity index (χ2n) is 12.4. The van der Waals surface area contributed by atoms with E-state index in [-0.39, 0.29) is 11.5 Å². The van der Waals surface area contributed by atoms with Gasteiger partial charge in [0.15, 0.2) is 0 Å². The van der Waals surface area contributed by atoms with Gasteiger partial charge in [-0.15, -0.1) is 22.7 Å². The Morgan fingerprint density at radius 3 is 1.24 bits per heavy atom. The van der Waals surface area contributed by atoms with E-state index in [0.29, 0.717) is 0 Å². The van der Waals surface area contributed by atoms with Crippen LogP contribution >= 0.6 is 22.7 Å². The summed E-state index contributed by atoms with van der Waals surface area (Å²) in [6.45, 7) is 0. The molecular formula is C45H30O2S2. The summed E-state index contributed by atoms with van der Waals surface area (Å²) in [5, 5.41) is 26.9. The molecule has 2 heterocycles. The van der Waals surface area contributed by atoms with Crippen LogP contribution in [0.2, 0.25) is 0 Å². The molecule has 0 spiro atoms. The van der Waals surface area contributed by atoms with E-state index in [1.54, 1.807) is 22.7 Å². The van der Waals surface area contributed by atoms with Gasteiger partial charge in [-0.1, -0.05) is 121 Å². The average Bonchev–Trinajstić information content (AvgIpc) is 3.94. The van der Waals surface area contributed by atoms with E-state index in [0.717, 1.165) is 33.4 Å². The highest BCUT2D eigenvalue weighted by atomic mass is 32.1. The minimum absolute atomic E-state index is 0.235. The van der Waals surface area contributed by atoms with Gasteiger partial charge in [-0.2, -0.15) is 0 Å². The number of thiophene rings is 2. The molecule has 1 aliphatic carbocycles. The number of hydrogen-bond donors (Lipinski definition) is 2. The first-order chi connectivity index (χ1) is 24.1. The summed E-state index contributed by atoms with van der Waals surface area (Å²) < 4.78 is 0. The van der Waals surface area contributed by atoms with Crippen LogP contribution in [-0.4, -0.2) is 10.2 Å². The molecule has 0 radical (unpaired) electrons. The van der Waals surface area contributed by atoms with Gasteiger partial charge in [0, 0.05) is 20.9 Å². The van der Waals surface area contributed by atoms with Crippen molar-refractivity contribution in [2.45, 2.75) is 5.41 Å². The summed E-state index contributed by atoms with van der Waals surface area (Å²) in [5.41, 5.74) is 11.9. The highest BCUT2D eigenvalue weighted by Gasteiger charge is 2.48. The van der Waals surface area contributed by atoms with Crippen LogP contribution < -0.4 is 0 Å². The molecular weight excluding hydrogens is 637 g/mol. The topological polar surface area (TPSA) is 40.5 Å². The van der Waals surface area contributed by atoms with Crippen molar-refractivity contribution in [3.63, 3.8) is 0 Å². The molecule has 0 amide bonds. The second-order valence-corrected chi connectivity index (χ2v) is 14.3. The molecule has 2 N–H and O–H groups in total. The van der Waals surface area contributed by atoms with Crippen molar-refractivity contribution in [2.24, 2.45) is 0 Å². The van der Waals surface area contributed by atoms with Gasteiger partial charge in [0.25, 0.3) is 0 Å². The average molecular weight is 667 g/mol. The molecule has 9 rings (SSSR count). The predicted octanol–water partition coefficient (Wildman–Crippen LogP) is 12.3. The van der Waals surface area contributed by atoms with Gasteiger partial charge in [-0.05, 0) is 103 Å². The molecule has 234 valence electrons. The van der Waals surface area contributed by atoms with Crippen LogP contribution in [0.15, 0.2) is 168 Å². The Bertz CT molecular complexity index is 2270. The molecule has 2 aromatic heterocycles. The lowest BCUT2D eigenvalue weighted by Gasteiger charge is -2.35. The maximum atomic E-state index is 11.3. The van der Waals surface area contributed by atoms with Gasteiger partial charge in [-0.3, -0.25) is 0 Å². The molecule has 0 saturated carbocycles. The Kier molecular flexibility index (Phi) is 7.08. The smallest absolute Gasteiger partial charge is 0.123 e. The third kappa shape index (κ3) is 4.60. The number of benzene rings is 6. The molecule has 1 aliphatic rings. The largest absolute Gasteiger partial charge is 0.507 e. The summed E-state index contributed by atoms with van der Waals surface area (Å²) in [4.78, 5) is 2.43. The van der Waals surface area contributed by atoms with E-state index in [4.69, 9.17) is 0 Å². The van der Waals surface area contributed by atoms with Crippen molar-refractivity contribution in [2.75, 3.05) is 0 Å². The first-order valence-electron chi connectivity index (χ1n) is 16.3. The Labute approximate surface area is 293 Å². The zero-order valence-corrected chi connectivity index (χ0v) is 28.0. The molecule has 0 atom stereocenters. The number of aromatic hydroxyl groups is 2. The number of fused-ring (bicyclic) bond motifs is 3. The summed E-state index contributed by atoms with van der Waals surface area (Å²) in [6, 6.07) is 54.3. The van der Waals surface area contributed by atoms with Crippen LogP contribution in [0.3, 0.4) is 0 Å². The number of phenolic OH excluding ortho intramolecular Hbond substituents is 2. The van der Waals surface area contributed by atoms with E-state index in [2.05, 4.69) is 95.7 Å². The van der Waals surface area contributed by atoms with E-state index in [9.17, 15) is 10.2 Å². The molecule has 49 heavy (non-hydrogen) atoms. The lowest BCUT2D eigenvalue weighted by molar-refractivity contribution is 0.477. The predicted molar refractivity (Wildman–Crippen MR) is 205 cm³/mol. The van der Waals surface area contributed by atoms with Crippen molar-refractivity contribution in [1.82, 2.24) is 0 Å². The number of hydrogen-bond acceptors (Lipinski definition) is 4. The summed E-state index contributed by atoms with van der Waals surface area (Å²) in [6.07, 6.45) is 0. The van der Waals surface area contributed by atoms with Crippen LogP contribution in [0.5, 0.6) is 11.5 Å². The van der Waals surface area contributed by atoms with E-state index < -0.39 is 5.41 Å². The van der Waals surface area contributed by atoms with Crippen LogP contribution in [-0.2, 0) is 5.41 Å². The Morgan fingerprint density at radius 1 is 0.388 bits per heavy atom. The molecule has 0 aliphatic heterocycles. The van der Waals surface area contributed by atoms with Gasteiger partial charge in [-0.25, -0.2) is 0 Å². The van der Waals surface area contributed by atoms with Gasteiger partial charge in [0.2, 0.25) is 0 Å². The fraction of sp³-hybridized carbons (Fsp3) is 0.0222. The van der Waals surface area contributed by atoms with Gasteiger partial charge in [0.1, 0.15) is 11.5 Å². The molecule has 4 heteroatoms. The second kappa shape index (κ2) is 11.8. The maximum Gasteiger partial charge on any atom is 0.123 e. The van der Waals surface area contributed by atoms with E-state index in [1.165, 1.54) is 43.1 Å². The Hall–Kier alpha value is -5.68.